The zero-order chi connectivity index (χ0) is 16.4. The first kappa shape index (κ1) is 15.7. The Bertz CT molecular complexity index is 613. The van der Waals surface area contributed by atoms with Crippen LogP contribution in [0.25, 0.3) is 0 Å². The van der Waals surface area contributed by atoms with Crippen LogP contribution in [0.1, 0.15) is 36.0 Å². The second-order valence-corrected chi connectivity index (χ2v) is 6.31. The van der Waals surface area contributed by atoms with E-state index in [1.165, 1.54) is 6.07 Å². The van der Waals surface area contributed by atoms with Crippen molar-refractivity contribution in [2.75, 3.05) is 31.1 Å². The molecule has 7 heteroatoms. The molecule has 0 aliphatic carbocycles. The van der Waals surface area contributed by atoms with Crippen molar-refractivity contribution < 1.29 is 9.72 Å². The Morgan fingerprint density at radius 2 is 1.96 bits per heavy atom. The molecule has 3 rings (SSSR count). The maximum Gasteiger partial charge on any atom is 0.293 e. The van der Waals surface area contributed by atoms with Gasteiger partial charge in [-0.15, -0.1) is 0 Å². The summed E-state index contributed by atoms with van der Waals surface area (Å²) in [7, 11) is 0. The Hall–Kier alpha value is -2.15. The van der Waals surface area contributed by atoms with E-state index in [2.05, 4.69) is 0 Å². The lowest BCUT2D eigenvalue weighted by molar-refractivity contribution is -0.384. The SMILES string of the molecule is NC1CCCN(C(=O)c2ccc(N3CCCC3)c([N+](=O)[O-])c2)C1. The summed E-state index contributed by atoms with van der Waals surface area (Å²) < 4.78 is 0. The molecule has 0 spiro atoms. The topological polar surface area (TPSA) is 92.7 Å². The summed E-state index contributed by atoms with van der Waals surface area (Å²) in [5, 5.41) is 11.4. The van der Waals surface area contributed by atoms with E-state index in [1.54, 1.807) is 17.0 Å². The van der Waals surface area contributed by atoms with E-state index >= 15 is 0 Å². The summed E-state index contributed by atoms with van der Waals surface area (Å²) >= 11 is 0. The Labute approximate surface area is 135 Å². The molecule has 0 saturated carbocycles. The number of nitrogens with zero attached hydrogens (tertiary/aromatic N) is 3. The van der Waals surface area contributed by atoms with Crippen molar-refractivity contribution in [3.63, 3.8) is 0 Å². The van der Waals surface area contributed by atoms with Gasteiger partial charge in [-0.1, -0.05) is 0 Å². The molecule has 0 aromatic heterocycles. The minimum absolute atomic E-state index is 0.00782. The number of amides is 1. The highest BCUT2D eigenvalue weighted by molar-refractivity contribution is 5.96. The van der Waals surface area contributed by atoms with Crippen LogP contribution < -0.4 is 10.6 Å². The summed E-state index contributed by atoms with van der Waals surface area (Å²) in [5.41, 5.74) is 6.91. The largest absolute Gasteiger partial charge is 0.366 e. The van der Waals surface area contributed by atoms with Crippen LogP contribution in [-0.2, 0) is 0 Å². The fourth-order valence-electron chi connectivity index (χ4n) is 3.41. The average Bonchev–Trinajstić information content (AvgIpc) is 3.08. The second-order valence-electron chi connectivity index (χ2n) is 6.31. The van der Waals surface area contributed by atoms with Gasteiger partial charge in [-0.3, -0.25) is 14.9 Å². The summed E-state index contributed by atoms with van der Waals surface area (Å²) in [6, 6.07) is 4.81. The Balaban J connectivity index is 1.86. The van der Waals surface area contributed by atoms with Crippen LogP contribution >= 0.6 is 0 Å². The molecule has 0 bridgehead atoms. The van der Waals surface area contributed by atoms with Crippen LogP contribution in [0.3, 0.4) is 0 Å². The normalized spacial score (nSPS) is 21.5. The predicted molar refractivity (Wildman–Crippen MR) is 87.7 cm³/mol. The second kappa shape index (κ2) is 6.54. The van der Waals surface area contributed by atoms with Crippen molar-refractivity contribution in [3.05, 3.63) is 33.9 Å². The number of carbonyl (C=O) groups excluding carboxylic acids is 1. The number of piperidine rings is 1. The first-order valence-electron chi connectivity index (χ1n) is 8.14. The van der Waals surface area contributed by atoms with E-state index in [9.17, 15) is 14.9 Å². The van der Waals surface area contributed by atoms with Crippen LogP contribution in [0.5, 0.6) is 0 Å². The number of nitro benzene ring substituents is 1. The highest BCUT2D eigenvalue weighted by atomic mass is 16.6. The number of benzene rings is 1. The summed E-state index contributed by atoms with van der Waals surface area (Å²) in [6.45, 7) is 2.83. The smallest absolute Gasteiger partial charge is 0.293 e. The number of nitrogens with two attached hydrogens (primary N) is 1. The van der Waals surface area contributed by atoms with E-state index in [0.717, 1.165) is 38.8 Å². The van der Waals surface area contributed by atoms with Crippen LogP contribution in [-0.4, -0.2) is 48.0 Å². The van der Waals surface area contributed by atoms with E-state index in [-0.39, 0.29) is 17.6 Å². The molecule has 7 nitrogen and oxygen atoms in total. The van der Waals surface area contributed by atoms with Gasteiger partial charge in [0, 0.05) is 43.9 Å². The van der Waals surface area contributed by atoms with Crippen LogP contribution in [0.4, 0.5) is 11.4 Å². The number of likely N-dealkylation sites (tertiary alicyclic amines) is 1. The molecule has 2 aliphatic rings. The van der Waals surface area contributed by atoms with E-state index in [1.807, 2.05) is 4.90 Å². The molecule has 2 fully saturated rings. The van der Waals surface area contributed by atoms with Crippen molar-refractivity contribution in [2.24, 2.45) is 5.73 Å². The van der Waals surface area contributed by atoms with Gasteiger partial charge >= 0.3 is 0 Å². The Kier molecular flexibility index (Phi) is 4.47. The van der Waals surface area contributed by atoms with Gasteiger partial charge in [0.2, 0.25) is 0 Å². The lowest BCUT2D eigenvalue weighted by Gasteiger charge is -2.31. The van der Waals surface area contributed by atoms with Crippen LogP contribution in [0.15, 0.2) is 18.2 Å². The minimum atomic E-state index is -0.396. The van der Waals surface area contributed by atoms with Crippen molar-refractivity contribution in [3.8, 4) is 0 Å². The number of nitro groups is 1. The Morgan fingerprint density at radius 3 is 2.61 bits per heavy atom. The van der Waals surface area contributed by atoms with Gasteiger partial charge in [-0.25, -0.2) is 0 Å². The van der Waals surface area contributed by atoms with Gasteiger partial charge in [-0.05, 0) is 37.8 Å². The van der Waals surface area contributed by atoms with Crippen LogP contribution in [0.2, 0.25) is 0 Å². The standard InChI is InChI=1S/C16H22N4O3/c17-13-4-3-9-19(11-13)16(21)12-5-6-14(15(10-12)20(22)23)18-7-1-2-8-18/h5-6,10,13H,1-4,7-9,11,17H2. The van der Waals surface area contributed by atoms with Gasteiger partial charge in [0.05, 0.1) is 4.92 Å². The third kappa shape index (κ3) is 3.29. The maximum absolute atomic E-state index is 12.6. The van der Waals surface area contributed by atoms with Gasteiger partial charge in [-0.2, -0.15) is 0 Å². The molecule has 1 atom stereocenters. The van der Waals surface area contributed by atoms with E-state index in [0.29, 0.717) is 24.3 Å². The molecule has 2 heterocycles. The number of carbonyl (C=O) groups is 1. The summed E-state index contributed by atoms with van der Waals surface area (Å²) in [6.07, 6.45) is 3.88. The molecule has 1 amide bonds. The monoisotopic (exact) mass is 318 g/mol. The maximum atomic E-state index is 12.6. The number of rotatable bonds is 3. The average molecular weight is 318 g/mol. The van der Waals surface area contributed by atoms with E-state index in [4.69, 9.17) is 5.73 Å². The molecule has 23 heavy (non-hydrogen) atoms. The summed E-state index contributed by atoms with van der Waals surface area (Å²) in [4.78, 5) is 27.3. The quantitative estimate of drug-likeness (QED) is 0.677. The Morgan fingerprint density at radius 1 is 1.22 bits per heavy atom. The predicted octanol–water partition coefficient (Wildman–Crippen LogP) is 1.76. The lowest BCUT2D eigenvalue weighted by Crippen LogP contribution is -2.45. The van der Waals surface area contributed by atoms with Crippen molar-refractivity contribution in [1.82, 2.24) is 4.90 Å². The highest BCUT2D eigenvalue weighted by Gasteiger charge is 2.27. The lowest BCUT2D eigenvalue weighted by atomic mass is 10.0. The van der Waals surface area contributed by atoms with Crippen molar-refractivity contribution in [1.29, 1.82) is 0 Å². The van der Waals surface area contributed by atoms with Gasteiger partial charge in [0.25, 0.3) is 11.6 Å². The minimum Gasteiger partial charge on any atom is -0.366 e. The molecule has 2 N–H and O–H groups in total. The third-order valence-electron chi connectivity index (χ3n) is 4.61. The fourth-order valence-corrected chi connectivity index (χ4v) is 3.41. The van der Waals surface area contributed by atoms with Gasteiger partial charge in [0.15, 0.2) is 0 Å². The zero-order valence-electron chi connectivity index (χ0n) is 13.1. The first-order chi connectivity index (χ1) is 11.1. The number of anilines is 1. The number of hydrogen-bond acceptors (Lipinski definition) is 5. The fraction of sp³-hybridized carbons (Fsp3) is 0.562. The molecule has 1 aromatic carbocycles. The van der Waals surface area contributed by atoms with Crippen molar-refractivity contribution in [2.45, 2.75) is 31.7 Å². The molecule has 2 saturated heterocycles. The van der Waals surface area contributed by atoms with Gasteiger partial charge < -0.3 is 15.5 Å². The van der Waals surface area contributed by atoms with Crippen molar-refractivity contribution >= 4 is 17.3 Å². The number of hydrogen-bond donors (Lipinski definition) is 1. The van der Waals surface area contributed by atoms with Gasteiger partial charge in [0.1, 0.15) is 5.69 Å². The molecule has 1 aromatic rings. The molecule has 124 valence electrons. The molecular formula is C16H22N4O3. The molecule has 2 aliphatic heterocycles. The zero-order valence-corrected chi connectivity index (χ0v) is 13.1. The summed E-state index contributed by atoms with van der Waals surface area (Å²) in [5.74, 6) is -0.170. The molecule has 0 radical (unpaired) electrons. The molecule has 1 unspecified atom stereocenters. The molecular weight excluding hydrogens is 296 g/mol. The van der Waals surface area contributed by atoms with Crippen LogP contribution in [0, 0.1) is 10.1 Å². The highest BCUT2D eigenvalue weighted by Crippen LogP contribution is 2.32. The third-order valence-corrected chi connectivity index (χ3v) is 4.61. The van der Waals surface area contributed by atoms with E-state index < -0.39 is 4.92 Å². The first-order valence-corrected chi connectivity index (χ1v) is 8.14.